The van der Waals surface area contributed by atoms with Crippen LogP contribution in [0.3, 0.4) is 0 Å². The van der Waals surface area contributed by atoms with Gasteiger partial charge in [-0.1, -0.05) is 64.5 Å². The molecule has 2 aromatic rings. The minimum Gasteiger partial charge on any atom is -0.355 e. The number of nitrogens with one attached hydrogen (secondary N) is 2. The predicted octanol–water partition coefficient (Wildman–Crippen LogP) is 3.09. The lowest BCUT2D eigenvalue weighted by molar-refractivity contribution is -0.133. The van der Waals surface area contributed by atoms with E-state index in [1.54, 1.807) is 6.08 Å². The van der Waals surface area contributed by atoms with Crippen molar-refractivity contribution < 1.29 is 9.59 Å². The average molecular weight is 412 g/mol. The molecule has 2 amide bonds. The van der Waals surface area contributed by atoms with E-state index in [2.05, 4.69) is 31.8 Å². The number of hydrogen-bond acceptors (Lipinski definition) is 3. The van der Waals surface area contributed by atoms with E-state index in [1.165, 1.54) is 6.21 Å². The molecular formula is C20H18BrN3O2. The summed E-state index contributed by atoms with van der Waals surface area (Å²) in [4.78, 5) is 24.5. The molecule has 0 radical (unpaired) electrons. The van der Waals surface area contributed by atoms with Crippen molar-refractivity contribution in [2.75, 3.05) is 6.54 Å². The lowest BCUT2D eigenvalue weighted by Gasteiger charge is -2.15. The van der Waals surface area contributed by atoms with E-state index >= 15 is 0 Å². The Morgan fingerprint density at radius 3 is 2.62 bits per heavy atom. The van der Waals surface area contributed by atoms with Gasteiger partial charge in [-0.05, 0) is 29.3 Å². The zero-order valence-electron chi connectivity index (χ0n) is 13.9. The molecule has 132 valence electrons. The number of carbonyl (C=O) groups is 2. The SMILES string of the molecule is O=C1NC[C@H](c2ccccc2)[C@H]1C(=O)NN=CC=Cc1ccc(Br)cc1. The van der Waals surface area contributed by atoms with Crippen LogP contribution in [-0.4, -0.2) is 24.6 Å². The van der Waals surface area contributed by atoms with E-state index in [0.717, 1.165) is 15.6 Å². The van der Waals surface area contributed by atoms with Crippen LogP contribution in [0, 0.1) is 5.92 Å². The van der Waals surface area contributed by atoms with Crippen molar-refractivity contribution in [1.29, 1.82) is 0 Å². The molecule has 5 nitrogen and oxygen atoms in total. The van der Waals surface area contributed by atoms with Gasteiger partial charge in [-0.2, -0.15) is 5.10 Å². The van der Waals surface area contributed by atoms with Gasteiger partial charge in [-0.3, -0.25) is 9.59 Å². The highest BCUT2D eigenvalue weighted by Crippen LogP contribution is 2.28. The fourth-order valence-corrected chi connectivity index (χ4v) is 3.14. The maximum atomic E-state index is 12.4. The van der Waals surface area contributed by atoms with Gasteiger partial charge in [0.05, 0.1) is 0 Å². The topological polar surface area (TPSA) is 70.6 Å². The Labute approximate surface area is 160 Å². The molecule has 2 atom stereocenters. The molecule has 6 heteroatoms. The van der Waals surface area contributed by atoms with Crippen LogP contribution < -0.4 is 10.7 Å². The first-order valence-electron chi connectivity index (χ1n) is 8.23. The van der Waals surface area contributed by atoms with Crippen molar-refractivity contribution in [2.24, 2.45) is 11.0 Å². The van der Waals surface area contributed by atoms with Gasteiger partial charge >= 0.3 is 0 Å². The summed E-state index contributed by atoms with van der Waals surface area (Å²) < 4.78 is 1.01. The standard InChI is InChI=1S/C20H18BrN3O2/c21-16-10-8-14(9-11-16)5-4-12-23-24-20(26)18-17(13-22-19(18)25)15-6-2-1-3-7-15/h1-12,17-18H,13H2,(H,22,25)(H,24,26)/t17-,18-/m1/s1. The van der Waals surface area contributed by atoms with Crippen molar-refractivity contribution in [1.82, 2.24) is 10.7 Å². The van der Waals surface area contributed by atoms with Gasteiger partial charge in [0.2, 0.25) is 5.91 Å². The molecule has 1 aliphatic heterocycles. The lowest BCUT2D eigenvalue weighted by atomic mass is 9.88. The molecule has 1 fully saturated rings. The first-order valence-corrected chi connectivity index (χ1v) is 9.02. The van der Waals surface area contributed by atoms with Crippen LogP contribution in [0.15, 0.2) is 70.2 Å². The van der Waals surface area contributed by atoms with E-state index in [1.807, 2.05) is 60.7 Å². The molecule has 2 N–H and O–H groups in total. The Hall–Kier alpha value is -2.73. The summed E-state index contributed by atoms with van der Waals surface area (Å²) in [7, 11) is 0. The largest absolute Gasteiger partial charge is 0.355 e. The van der Waals surface area contributed by atoms with Crippen LogP contribution in [0.1, 0.15) is 17.0 Å². The summed E-state index contributed by atoms with van der Waals surface area (Å²) >= 11 is 3.38. The number of benzene rings is 2. The van der Waals surface area contributed by atoms with Crippen LogP contribution >= 0.6 is 15.9 Å². The number of carbonyl (C=O) groups excluding carboxylic acids is 2. The Balaban J connectivity index is 1.59. The number of rotatable bonds is 5. The molecule has 3 rings (SSSR count). The number of nitrogens with zero attached hydrogens (tertiary/aromatic N) is 1. The van der Waals surface area contributed by atoms with Crippen LogP contribution in [0.25, 0.3) is 6.08 Å². The number of halogens is 1. The van der Waals surface area contributed by atoms with Crippen LogP contribution in [-0.2, 0) is 9.59 Å². The summed E-state index contributed by atoms with van der Waals surface area (Å²) in [6, 6.07) is 17.4. The first-order chi connectivity index (χ1) is 12.6. The third-order valence-corrected chi connectivity index (χ3v) is 4.71. The normalized spacial score (nSPS) is 19.8. The summed E-state index contributed by atoms with van der Waals surface area (Å²) in [6.45, 7) is 0.452. The van der Waals surface area contributed by atoms with Crippen LogP contribution in [0.2, 0.25) is 0 Å². The molecule has 1 saturated heterocycles. The molecule has 0 saturated carbocycles. The first kappa shape index (κ1) is 18.1. The molecular weight excluding hydrogens is 394 g/mol. The maximum absolute atomic E-state index is 12.4. The quantitative estimate of drug-likeness (QED) is 0.450. The number of hydrazone groups is 1. The third-order valence-electron chi connectivity index (χ3n) is 4.19. The Morgan fingerprint density at radius 1 is 1.15 bits per heavy atom. The molecule has 0 spiro atoms. The highest BCUT2D eigenvalue weighted by Gasteiger charge is 2.40. The fourth-order valence-electron chi connectivity index (χ4n) is 2.87. The van der Waals surface area contributed by atoms with Gasteiger partial charge in [0, 0.05) is 23.1 Å². The van der Waals surface area contributed by atoms with E-state index in [0.29, 0.717) is 6.54 Å². The molecule has 1 heterocycles. The summed E-state index contributed by atoms with van der Waals surface area (Å²) in [5, 5.41) is 6.67. The molecule has 0 aliphatic carbocycles. The van der Waals surface area contributed by atoms with Crippen LogP contribution in [0.5, 0.6) is 0 Å². The fraction of sp³-hybridized carbons (Fsp3) is 0.150. The van der Waals surface area contributed by atoms with E-state index in [4.69, 9.17) is 0 Å². The Morgan fingerprint density at radius 2 is 1.88 bits per heavy atom. The van der Waals surface area contributed by atoms with Crippen molar-refractivity contribution in [3.8, 4) is 0 Å². The Bertz CT molecular complexity index is 832. The molecule has 0 unspecified atom stereocenters. The Kier molecular flexibility index (Phi) is 5.96. The summed E-state index contributed by atoms with van der Waals surface area (Å²) in [5.74, 6) is -1.62. The number of hydrogen-bond donors (Lipinski definition) is 2. The number of amides is 2. The smallest absolute Gasteiger partial charge is 0.253 e. The second-order valence-electron chi connectivity index (χ2n) is 5.90. The molecule has 26 heavy (non-hydrogen) atoms. The zero-order valence-corrected chi connectivity index (χ0v) is 15.5. The van der Waals surface area contributed by atoms with Crippen molar-refractivity contribution in [2.45, 2.75) is 5.92 Å². The highest BCUT2D eigenvalue weighted by molar-refractivity contribution is 9.10. The van der Waals surface area contributed by atoms with Crippen LogP contribution in [0.4, 0.5) is 0 Å². The van der Waals surface area contributed by atoms with E-state index < -0.39 is 11.8 Å². The molecule has 2 aromatic carbocycles. The molecule has 0 aromatic heterocycles. The highest BCUT2D eigenvalue weighted by atomic mass is 79.9. The predicted molar refractivity (Wildman–Crippen MR) is 105 cm³/mol. The van der Waals surface area contributed by atoms with Crippen molar-refractivity contribution >= 4 is 40.0 Å². The zero-order chi connectivity index (χ0) is 18.4. The number of allylic oxidation sites excluding steroid dienone is 1. The lowest BCUT2D eigenvalue weighted by Crippen LogP contribution is -2.34. The van der Waals surface area contributed by atoms with Crippen molar-refractivity contribution in [3.63, 3.8) is 0 Å². The minimum absolute atomic E-state index is 0.183. The second kappa shape index (κ2) is 8.58. The maximum Gasteiger partial charge on any atom is 0.253 e. The second-order valence-corrected chi connectivity index (χ2v) is 6.82. The monoisotopic (exact) mass is 411 g/mol. The van der Waals surface area contributed by atoms with Gasteiger partial charge in [0.15, 0.2) is 0 Å². The third kappa shape index (κ3) is 4.46. The van der Waals surface area contributed by atoms with Gasteiger partial charge in [-0.15, -0.1) is 0 Å². The van der Waals surface area contributed by atoms with E-state index in [-0.39, 0.29) is 11.8 Å². The molecule has 0 bridgehead atoms. The molecule has 1 aliphatic rings. The van der Waals surface area contributed by atoms with E-state index in [9.17, 15) is 9.59 Å². The van der Waals surface area contributed by atoms with Gasteiger partial charge in [0.25, 0.3) is 5.91 Å². The summed E-state index contributed by atoms with van der Waals surface area (Å²) in [6.07, 6.45) is 5.09. The van der Waals surface area contributed by atoms with Gasteiger partial charge in [0.1, 0.15) is 5.92 Å². The van der Waals surface area contributed by atoms with Gasteiger partial charge in [-0.25, -0.2) is 5.43 Å². The minimum atomic E-state index is -0.773. The van der Waals surface area contributed by atoms with Crippen molar-refractivity contribution in [3.05, 3.63) is 76.3 Å². The summed E-state index contributed by atoms with van der Waals surface area (Å²) in [5.41, 5.74) is 4.44. The van der Waals surface area contributed by atoms with Gasteiger partial charge < -0.3 is 5.32 Å². The average Bonchev–Trinajstić information content (AvgIpc) is 3.05.